The summed E-state index contributed by atoms with van der Waals surface area (Å²) in [4.78, 5) is 16.5. The second-order valence-corrected chi connectivity index (χ2v) is 6.55. The van der Waals surface area contributed by atoms with Crippen LogP contribution in [0.3, 0.4) is 0 Å². The van der Waals surface area contributed by atoms with E-state index >= 15 is 0 Å². The molecule has 3 rings (SSSR count). The number of hydrogen-bond donors (Lipinski definition) is 1. The number of nitrogens with zero attached hydrogens (tertiary/aromatic N) is 1. The van der Waals surface area contributed by atoms with Crippen LogP contribution in [0, 0.1) is 0 Å². The second kappa shape index (κ2) is 7.79. The summed E-state index contributed by atoms with van der Waals surface area (Å²) >= 11 is 1.25. The Morgan fingerprint density at radius 3 is 2.59 bits per heavy atom. The molecular weight excluding hydrogens is 377 g/mol. The molecule has 3 aromatic rings. The molecule has 140 valence electrons. The Bertz CT molecular complexity index is 937. The second-order valence-electron chi connectivity index (χ2n) is 5.69. The third kappa shape index (κ3) is 4.85. The molecule has 4 nitrogen and oxygen atoms in total. The SMILES string of the molecule is COc1ccc(-c2csc(NC(=O)Cc3cccc(C(F)(F)F)c3)n2)cc1. The van der Waals surface area contributed by atoms with E-state index in [0.29, 0.717) is 10.8 Å². The molecule has 1 amide bonds. The topological polar surface area (TPSA) is 51.2 Å². The Morgan fingerprint density at radius 1 is 1.19 bits per heavy atom. The van der Waals surface area contributed by atoms with Crippen molar-refractivity contribution in [2.75, 3.05) is 12.4 Å². The number of rotatable bonds is 5. The summed E-state index contributed by atoms with van der Waals surface area (Å²) in [6.45, 7) is 0. The van der Waals surface area contributed by atoms with Gasteiger partial charge in [0.15, 0.2) is 5.13 Å². The lowest BCUT2D eigenvalue weighted by Crippen LogP contribution is -2.15. The van der Waals surface area contributed by atoms with Gasteiger partial charge in [0.05, 0.1) is 24.8 Å². The molecule has 0 spiro atoms. The number of carbonyl (C=O) groups is 1. The first kappa shape index (κ1) is 18.9. The molecule has 0 aliphatic carbocycles. The first-order chi connectivity index (χ1) is 12.8. The number of methoxy groups -OCH3 is 1. The molecule has 1 aromatic heterocycles. The van der Waals surface area contributed by atoms with E-state index in [1.807, 2.05) is 12.1 Å². The van der Waals surface area contributed by atoms with E-state index in [1.54, 1.807) is 24.6 Å². The molecule has 0 bridgehead atoms. The minimum absolute atomic E-state index is 0.165. The molecule has 1 heterocycles. The van der Waals surface area contributed by atoms with Gasteiger partial charge in [-0.25, -0.2) is 4.98 Å². The summed E-state index contributed by atoms with van der Waals surface area (Å²) in [7, 11) is 1.58. The summed E-state index contributed by atoms with van der Waals surface area (Å²) in [5, 5.41) is 4.80. The molecule has 0 aliphatic heterocycles. The molecule has 0 aliphatic rings. The molecule has 8 heteroatoms. The van der Waals surface area contributed by atoms with Gasteiger partial charge in [0.2, 0.25) is 5.91 Å². The highest BCUT2D eigenvalue weighted by Crippen LogP contribution is 2.30. The predicted octanol–water partition coefficient (Wildman–Crippen LogP) is 5.02. The van der Waals surface area contributed by atoms with Crippen LogP contribution >= 0.6 is 11.3 Å². The number of benzene rings is 2. The van der Waals surface area contributed by atoms with Gasteiger partial charge in [-0.3, -0.25) is 4.79 Å². The van der Waals surface area contributed by atoms with Gasteiger partial charge in [0, 0.05) is 10.9 Å². The normalized spacial score (nSPS) is 11.3. The maximum atomic E-state index is 12.7. The molecule has 0 saturated heterocycles. The Balaban J connectivity index is 1.66. The molecule has 0 radical (unpaired) electrons. The van der Waals surface area contributed by atoms with Gasteiger partial charge in [-0.15, -0.1) is 11.3 Å². The van der Waals surface area contributed by atoms with Gasteiger partial charge in [-0.05, 0) is 35.9 Å². The number of amides is 1. The first-order valence-corrected chi connectivity index (χ1v) is 8.79. The van der Waals surface area contributed by atoms with Crippen molar-refractivity contribution in [1.29, 1.82) is 0 Å². The highest BCUT2D eigenvalue weighted by Gasteiger charge is 2.30. The van der Waals surface area contributed by atoms with Crippen LogP contribution in [0.5, 0.6) is 5.75 Å². The van der Waals surface area contributed by atoms with Crippen LogP contribution in [0.25, 0.3) is 11.3 Å². The van der Waals surface area contributed by atoms with Crippen LogP contribution in [0.15, 0.2) is 53.9 Å². The predicted molar refractivity (Wildman–Crippen MR) is 97.9 cm³/mol. The van der Waals surface area contributed by atoms with Crippen molar-refractivity contribution in [3.8, 4) is 17.0 Å². The summed E-state index contributed by atoms with van der Waals surface area (Å²) in [5.74, 6) is 0.300. The largest absolute Gasteiger partial charge is 0.497 e. The van der Waals surface area contributed by atoms with Crippen LogP contribution < -0.4 is 10.1 Å². The third-order valence-corrected chi connectivity index (χ3v) is 4.51. The monoisotopic (exact) mass is 392 g/mol. The van der Waals surface area contributed by atoms with E-state index in [-0.39, 0.29) is 12.0 Å². The minimum atomic E-state index is -4.44. The summed E-state index contributed by atoms with van der Waals surface area (Å²) in [6, 6.07) is 12.0. The van der Waals surface area contributed by atoms with E-state index in [4.69, 9.17) is 4.74 Å². The van der Waals surface area contributed by atoms with Gasteiger partial charge >= 0.3 is 6.18 Å². The highest BCUT2D eigenvalue weighted by atomic mass is 32.1. The van der Waals surface area contributed by atoms with E-state index in [2.05, 4.69) is 10.3 Å². The Morgan fingerprint density at radius 2 is 1.93 bits per heavy atom. The van der Waals surface area contributed by atoms with Gasteiger partial charge in [-0.2, -0.15) is 13.2 Å². The number of alkyl halides is 3. The van der Waals surface area contributed by atoms with Gasteiger partial charge < -0.3 is 10.1 Å². The minimum Gasteiger partial charge on any atom is -0.497 e. The Hall–Kier alpha value is -2.87. The van der Waals surface area contributed by atoms with Gasteiger partial charge in [-0.1, -0.05) is 18.2 Å². The zero-order valence-electron chi connectivity index (χ0n) is 14.2. The quantitative estimate of drug-likeness (QED) is 0.663. The molecule has 0 fully saturated rings. The average Bonchev–Trinajstić information content (AvgIpc) is 3.09. The van der Waals surface area contributed by atoms with Gasteiger partial charge in [0.1, 0.15) is 5.75 Å². The molecule has 1 N–H and O–H groups in total. The van der Waals surface area contributed by atoms with Crippen molar-refractivity contribution in [3.63, 3.8) is 0 Å². The van der Waals surface area contributed by atoms with E-state index in [1.165, 1.54) is 23.5 Å². The lowest BCUT2D eigenvalue weighted by atomic mass is 10.1. The number of carbonyl (C=O) groups excluding carboxylic acids is 1. The number of halogens is 3. The van der Waals surface area contributed by atoms with Crippen molar-refractivity contribution in [2.24, 2.45) is 0 Å². The zero-order valence-corrected chi connectivity index (χ0v) is 15.0. The number of anilines is 1. The van der Waals surface area contributed by atoms with Crippen LogP contribution in [-0.2, 0) is 17.4 Å². The lowest BCUT2D eigenvalue weighted by molar-refractivity contribution is -0.137. The smallest absolute Gasteiger partial charge is 0.416 e. The number of hydrogen-bond acceptors (Lipinski definition) is 4. The van der Waals surface area contributed by atoms with Crippen molar-refractivity contribution in [2.45, 2.75) is 12.6 Å². The highest BCUT2D eigenvalue weighted by molar-refractivity contribution is 7.14. The van der Waals surface area contributed by atoms with Crippen LogP contribution in [0.4, 0.5) is 18.3 Å². The van der Waals surface area contributed by atoms with E-state index < -0.39 is 17.6 Å². The van der Waals surface area contributed by atoms with Gasteiger partial charge in [0.25, 0.3) is 0 Å². The summed E-state index contributed by atoms with van der Waals surface area (Å²) in [6.07, 6.45) is -4.60. The fourth-order valence-corrected chi connectivity index (χ4v) is 3.17. The van der Waals surface area contributed by atoms with Crippen molar-refractivity contribution in [1.82, 2.24) is 4.98 Å². The zero-order chi connectivity index (χ0) is 19.4. The first-order valence-electron chi connectivity index (χ1n) is 7.91. The number of nitrogens with one attached hydrogen (secondary N) is 1. The Labute approximate surface area is 157 Å². The van der Waals surface area contributed by atoms with Crippen LogP contribution in [-0.4, -0.2) is 18.0 Å². The van der Waals surface area contributed by atoms with Crippen LogP contribution in [0.2, 0.25) is 0 Å². The maximum absolute atomic E-state index is 12.7. The van der Waals surface area contributed by atoms with Crippen LogP contribution in [0.1, 0.15) is 11.1 Å². The standard InChI is InChI=1S/C19H15F3N2O2S/c1-26-15-7-5-13(6-8-15)16-11-27-18(23-16)24-17(25)10-12-3-2-4-14(9-12)19(20,21)22/h2-9,11H,10H2,1H3,(H,23,24,25). The van der Waals surface area contributed by atoms with E-state index in [9.17, 15) is 18.0 Å². The molecular formula is C19H15F3N2O2S. The number of thiazole rings is 1. The fraction of sp³-hybridized carbons (Fsp3) is 0.158. The summed E-state index contributed by atoms with van der Waals surface area (Å²) in [5.41, 5.74) is 1.07. The lowest BCUT2D eigenvalue weighted by Gasteiger charge is -2.08. The summed E-state index contributed by atoms with van der Waals surface area (Å²) < 4.78 is 43.3. The fourth-order valence-electron chi connectivity index (χ4n) is 2.43. The molecule has 0 atom stereocenters. The third-order valence-electron chi connectivity index (χ3n) is 3.76. The Kier molecular flexibility index (Phi) is 5.46. The van der Waals surface area contributed by atoms with Crippen molar-refractivity contribution >= 4 is 22.4 Å². The molecule has 27 heavy (non-hydrogen) atoms. The molecule has 0 unspecified atom stereocenters. The molecule has 0 saturated carbocycles. The maximum Gasteiger partial charge on any atom is 0.416 e. The van der Waals surface area contributed by atoms with Crippen molar-refractivity contribution in [3.05, 3.63) is 65.0 Å². The molecule has 2 aromatic carbocycles. The van der Waals surface area contributed by atoms with Crippen molar-refractivity contribution < 1.29 is 22.7 Å². The number of ether oxygens (including phenoxy) is 1. The number of aromatic nitrogens is 1. The van der Waals surface area contributed by atoms with E-state index in [0.717, 1.165) is 23.4 Å². The average molecular weight is 392 g/mol.